The van der Waals surface area contributed by atoms with E-state index >= 15 is 0 Å². The predicted octanol–water partition coefficient (Wildman–Crippen LogP) is 7.78. The third kappa shape index (κ3) is 5.23. The van der Waals surface area contributed by atoms with Crippen molar-refractivity contribution < 1.29 is 14.6 Å². The minimum Gasteiger partial charge on any atom is -0.494 e. The molecule has 1 aromatic rings. The first-order valence-electron chi connectivity index (χ1n) is 16.6. The first kappa shape index (κ1) is 27.8. The number of ether oxygens (including phenoxy) is 1. The molecule has 39 heavy (non-hydrogen) atoms. The molecule has 0 radical (unpaired) electrons. The summed E-state index contributed by atoms with van der Waals surface area (Å²) >= 11 is 0. The van der Waals surface area contributed by atoms with Gasteiger partial charge in [0.15, 0.2) is 0 Å². The van der Waals surface area contributed by atoms with Crippen molar-refractivity contribution in [3.05, 3.63) is 29.8 Å². The largest absolute Gasteiger partial charge is 0.494 e. The minimum atomic E-state index is -0.194. The third-order valence-electron chi connectivity index (χ3n) is 12.7. The van der Waals surface area contributed by atoms with Crippen LogP contribution < -0.4 is 10.1 Å². The van der Waals surface area contributed by atoms with Crippen LogP contribution in [0.15, 0.2) is 24.3 Å². The summed E-state index contributed by atoms with van der Waals surface area (Å²) in [7, 11) is 0. The molecule has 5 aliphatic rings. The van der Waals surface area contributed by atoms with Gasteiger partial charge in [0.1, 0.15) is 11.5 Å². The van der Waals surface area contributed by atoms with Crippen LogP contribution in [0.3, 0.4) is 0 Å². The molecule has 1 aromatic carbocycles. The van der Waals surface area contributed by atoms with Crippen LogP contribution in [0.25, 0.3) is 0 Å². The Hall–Kier alpha value is -1.39. The number of hydrogen-bond donors (Lipinski definition) is 2. The number of aliphatic hydroxyl groups excluding tert-OH is 1. The molecule has 5 fully saturated rings. The lowest BCUT2D eigenvalue weighted by atomic mass is 9.44. The Morgan fingerprint density at radius 1 is 1.03 bits per heavy atom. The number of nitrogens with one attached hydrogen (secondary N) is 1. The summed E-state index contributed by atoms with van der Waals surface area (Å²) < 4.78 is 6.46. The maximum absolute atomic E-state index is 12.2. The average molecular weight is 536 g/mol. The van der Waals surface area contributed by atoms with E-state index < -0.39 is 0 Å². The number of Topliss-reactive ketones (excluding diaryl/α,β-unsaturated/α-hetero) is 1. The van der Waals surface area contributed by atoms with Gasteiger partial charge < -0.3 is 15.2 Å². The smallest absolute Gasteiger partial charge is 0.133 e. The highest BCUT2D eigenvalue weighted by Gasteiger charge is 2.61. The molecule has 216 valence electrons. The molecule has 5 aliphatic carbocycles. The molecule has 4 nitrogen and oxygen atoms in total. The zero-order valence-corrected chi connectivity index (χ0v) is 24.6. The van der Waals surface area contributed by atoms with Gasteiger partial charge in [0.2, 0.25) is 0 Å². The van der Waals surface area contributed by atoms with Crippen molar-refractivity contribution in [2.45, 2.75) is 135 Å². The van der Waals surface area contributed by atoms with Gasteiger partial charge in [0, 0.05) is 30.3 Å². The zero-order chi connectivity index (χ0) is 27.0. The second-order valence-electron chi connectivity index (χ2n) is 14.4. The summed E-state index contributed by atoms with van der Waals surface area (Å²) in [5.74, 6) is 4.12. The average Bonchev–Trinajstić information content (AvgIpc) is 3.29. The lowest BCUT2D eigenvalue weighted by molar-refractivity contribution is -0.145. The Kier molecular flexibility index (Phi) is 8.17. The van der Waals surface area contributed by atoms with Gasteiger partial charge in [-0.3, -0.25) is 4.79 Å². The van der Waals surface area contributed by atoms with Gasteiger partial charge in [-0.25, -0.2) is 0 Å². The molecular weight excluding hydrogens is 482 g/mol. The monoisotopic (exact) mass is 535 g/mol. The normalized spacial score (nSPS) is 39.5. The summed E-state index contributed by atoms with van der Waals surface area (Å²) in [6.07, 6.45) is 18.2. The van der Waals surface area contributed by atoms with Gasteiger partial charge in [0.25, 0.3) is 0 Å². The van der Waals surface area contributed by atoms with Crippen LogP contribution >= 0.6 is 0 Å². The quantitative estimate of drug-likeness (QED) is 0.357. The summed E-state index contributed by atoms with van der Waals surface area (Å²) in [6, 6.07) is 9.81. The van der Waals surface area contributed by atoms with Crippen LogP contribution in [-0.4, -0.2) is 29.6 Å². The predicted molar refractivity (Wildman–Crippen MR) is 157 cm³/mol. The van der Waals surface area contributed by atoms with E-state index in [9.17, 15) is 9.90 Å². The van der Waals surface area contributed by atoms with Gasteiger partial charge in [-0.2, -0.15) is 0 Å². The number of hydrogen-bond acceptors (Lipinski definition) is 4. The fourth-order valence-electron chi connectivity index (χ4n) is 10.5. The van der Waals surface area contributed by atoms with E-state index in [4.69, 9.17) is 4.74 Å². The van der Waals surface area contributed by atoms with Crippen molar-refractivity contribution in [1.82, 2.24) is 5.32 Å². The lowest BCUT2D eigenvalue weighted by Crippen LogP contribution is -2.55. The fourth-order valence-corrected chi connectivity index (χ4v) is 10.5. The SMILES string of the molecule is CC[C@H](NC1CCCCC1)c1cccc(OCC[C@]23CCC4C(CCC5CC(=O)CC[C@@]54C)C2CCC3O)c1. The Morgan fingerprint density at radius 2 is 1.87 bits per heavy atom. The first-order chi connectivity index (χ1) is 18.9. The van der Waals surface area contributed by atoms with Crippen molar-refractivity contribution in [2.75, 3.05) is 6.61 Å². The van der Waals surface area contributed by atoms with Crippen molar-refractivity contribution in [3.8, 4) is 5.75 Å². The molecule has 0 aromatic heterocycles. The Labute approximate surface area is 237 Å². The highest BCUT2D eigenvalue weighted by Crippen LogP contribution is 2.66. The van der Waals surface area contributed by atoms with Crippen molar-refractivity contribution in [3.63, 3.8) is 0 Å². The van der Waals surface area contributed by atoms with Crippen LogP contribution in [0.5, 0.6) is 5.75 Å². The van der Waals surface area contributed by atoms with Gasteiger partial charge in [-0.1, -0.05) is 45.2 Å². The van der Waals surface area contributed by atoms with Crippen LogP contribution in [0, 0.1) is 34.5 Å². The van der Waals surface area contributed by atoms with E-state index in [1.54, 1.807) is 0 Å². The van der Waals surface area contributed by atoms with Crippen molar-refractivity contribution >= 4 is 5.78 Å². The Balaban J connectivity index is 1.11. The molecule has 0 spiro atoms. The third-order valence-corrected chi connectivity index (χ3v) is 12.7. The minimum absolute atomic E-state index is 0.0148. The maximum atomic E-state index is 12.2. The number of aliphatic hydroxyl groups is 1. The summed E-state index contributed by atoms with van der Waals surface area (Å²) in [5, 5.41) is 15.3. The number of carbonyl (C=O) groups is 1. The molecule has 6 rings (SSSR count). The van der Waals surface area contributed by atoms with Crippen molar-refractivity contribution in [1.29, 1.82) is 0 Å². The molecule has 0 bridgehead atoms. The van der Waals surface area contributed by atoms with Crippen LogP contribution in [0.2, 0.25) is 0 Å². The Morgan fingerprint density at radius 3 is 2.69 bits per heavy atom. The molecule has 5 unspecified atom stereocenters. The number of benzene rings is 1. The summed E-state index contributed by atoms with van der Waals surface area (Å²) in [5.41, 5.74) is 1.68. The number of ketones is 1. The molecule has 0 amide bonds. The standard InChI is InChI=1S/C35H53NO3/c1-3-32(36-26-9-5-4-6-10-26)24-8-7-11-28(22-24)39-21-20-35-19-17-30-29(31(35)14-15-33(35)38)13-12-25-23-27(37)16-18-34(25,30)2/h7-8,11,22,25-26,29-33,36,38H,3-6,9-10,12-21,23H2,1-2H3/t25?,29?,30?,31?,32-,33?,34-,35+/m0/s1. The van der Waals surface area contributed by atoms with Gasteiger partial charge in [-0.15, -0.1) is 0 Å². The van der Waals surface area contributed by atoms with Gasteiger partial charge >= 0.3 is 0 Å². The van der Waals surface area contributed by atoms with Gasteiger partial charge in [-0.05, 0) is 117 Å². The molecule has 0 aliphatic heterocycles. The zero-order valence-electron chi connectivity index (χ0n) is 24.6. The summed E-state index contributed by atoms with van der Waals surface area (Å²) in [4.78, 5) is 12.2. The number of fused-ring (bicyclic) bond motifs is 5. The van der Waals surface area contributed by atoms with E-state index in [2.05, 4.69) is 43.4 Å². The second kappa shape index (κ2) is 11.5. The van der Waals surface area contributed by atoms with Crippen LogP contribution in [-0.2, 0) is 4.79 Å². The van der Waals surface area contributed by atoms with E-state index in [0.29, 0.717) is 47.6 Å². The van der Waals surface area contributed by atoms with E-state index in [-0.39, 0.29) is 11.5 Å². The summed E-state index contributed by atoms with van der Waals surface area (Å²) in [6.45, 7) is 5.49. The molecule has 5 saturated carbocycles. The highest BCUT2D eigenvalue weighted by molar-refractivity contribution is 5.79. The first-order valence-corrected chi connectivity index (χ1v) is 16.6. The lowest BCUT2D eigenvalue weighted by Gasteiger charge is -2.60. The highest BCUT2D eigenvalue weighted by atomic mass is 16.5. The second-order valence-corrected chi connectivity index (χ2v) is 14.4. The topological polar surface area (TPSA) is 58.6 Å². The molecular formula is C35H53NO3. The van der Waals surface area contributed by atoms with E-state index in [1.165, 1.54) is 63.4 Å². The fraction of sp³-hybridized carbons (Fsp3) is 0.800. The van der Waals surface area contributed by atoms with Crippen LogP contribution in [0.4, 0.5) is 0 Å². The molecule has 0 saturated heterocycles. The molecule has 8 atom stereocenters. The maximum Gasteiger partial charge on any atom is 0.133 e. The number of rotatable bonds is 8. The molecule has 2 N–H and O–H groups in total. The van der Waals surface area contributed by atoms with E-state index in [0.717, 1.165) is 56.6 Å². The van der Waals surface area contributed by atoms with E-state index in [1.807, 2.05) is 0 Å². The van der Waals surface area contributed by atoms with Crippen molar-refractivity contribution in [2.24, 2.45) is 34.5 Å². The van der Waals surface area contributed by atoms with Gasteiger partial charge in [0.05, 0.1) is 12.7 Å². The molecule has 0 heterocycles. The van der Waals surface area contributed by atoms with Crippen LogP contribution in [0.1, 0.15) is 128 Å². The number of carbonyl (C=O) groups excluding carboxylic acids is 1. The molecule has 4 heteroatoms. The Bertz CT molecular complexity index is 1000.